The van der Waals surface area contributed by atoms with Crippen molar-refractivity contribution in [1.82, 2.24) is 14.0 Å². The van der Waals surface area contributed by atoms with Crippen molar-refractivity contribution in [2.24, 2.45) is 14.1 Å². The van der Waals surface area contributed by atoms with Crippen LogP contribution in [0.1, 0.15) is 13.3 Å². The van der Waals surface area contributed by atoms with Crippen LogP contribution in [0.5, 0.6) is 5.75 Å². The zero-order valence-corrected chi connectivity index (χ0v) is 19.6. The number of nitrogens with one attached hydrogen (secondary N) is 1. The number of piperazine rings is 1. The summed E-state index contributed by atoms with van der Waals surface area (Å²) in [7, 11) is -0.113. The number of anilines is 2. The maximum absolute atomic E-state index is 12.1. The first-order chi connectivity index (χ1) is 15.2. The molecule has 0 aliphatic carbocycles. The SMILES string of the molecule is CCS(=O)(=O)Nc1ccc(OCCCN2CCN(c3cc(=O)n(C)c(=O)n3C)CC2)cc1. The molecule has 0 bridgehead atoms. The van der Waals surface area contributed by atoms with E-state index in [2.05, 4.69) is 14.5 Å². The highest BCUT2D eigenvalue weighted by Gasteiger charge is 2.20. The molecule has 1 fully saturated rings. The van der Waals surface area contributed by atoms with E-state index in [4.69, 9.17) is 4.74 Å². The standard InChI is InChI=1S/C21H31N5O5S/c1-4-32(29,30)22-17-6-8-18(9-7-17)31-15-5-10-25-11-13-26(14-12-25)19-16-20(27)24(3)21(28)23(19)2/h6-9,16,22H,4-5,10-15H2,1-3H3. The van der Waals surface area contributed by atoms with E-state index in [0.29, 0.717) is 23.9 Å². The molecule has 0 atom stereocenters. The lowest BCUT2D eigenvalue weighted by Gasteiger charge is -2.36. The summed E-state index contributed by atoms with van der Waals surface area (Å²) < 4.78 is 34.1. The summed E-state index contributed by atoms with van der Waals surface area (Å²) in [5, 5.41) is 0. The molecule has 32 heavy (non-hydrogen) atoms. The first-order valence-electron chi connectivity index (χ1n) is 10.7. The molecule has 1 aromatic heterocycles. The molecule has 2 heterocycles. The summed E-state index contributed by atoms with van der Waals surface area (Å²) in [5.74, 6) is 1.38. The second kappa shape index (κ2) is 10.2. The van der Waals surface area contributed by atoms with E-state index in [1.165, 1.54) is 17.7 Å². The number of hydrogen-bond acceptors (Lipinski definition) is 7. The molecule has 1 aliphatic heterocycles. The molecule has 0 amide bonds. The van der Waals surface area contributed by atoms with Crippen LogP contribution in [0, 0.1) is 0 Å². The van der Waals surface area contributed by atoms with Gasteiger partial charge in [-0.05, 0) is 37.6 Å². The van der Waals surface area contributed by atoms with Gasteiger partial charge in [0.05, 0.1) is 12.4 Å². The molecule has 1 saturated heterocycles. The number of rotatable bonds is 9. The molecule has 0 unspecified atom stereocenters. The van der Waals surface area contributed by atoms with Crippen molar-refractivity contribution in [1.29, 1.82) is 0 Å². The van der Waals surface area contributed by atoms with E-state index in [1.807, 2.05) is 0 Å². The lowest BCUT2D eigenvalue weighted by Crippen LogP contribution is -2.49. The van der Waals surface area contributed by atoms with Crippen LogP contribution in [-0.2, 0) is 24.1 Å². The van der Waals surface area contributed by atoms with Gasteiger partial charge in [-0.2, -0.15) is 0 Å². The maximum atomic E-state index is 12.1. The van der Waals surface area contributed by atoms with E-state index in [1.54, 1.807) is 38.2 Å². The number of aromatic nitrogens is 2. The van der Waals surface area contributed by atoms with E-state index in [-0.39, 0.29) is 17.0 Å². The third-order valence-electron chi connectivity index (χ3n) is 5.59. The molecule has 176 valence electrons. The Morgan fingerprint density at radius 1 is 1.00 bits per heavy atom. The minimum atomic E-state index is -3.28. The van der Waals surface area contributed by atoms with Crippen molar-refractivity contribution >= 4 is 21.5 Å². The quantitative estimate of drug-likeness (QED) is 0.536. The highest BCUT2D eigenvalue weighted by molar-refractivity contribution is 7.92. The lowest BCUT2D eigenvalue weighted by molar-refractivity contribution is 0.224. The summed E-state index contributed by atoms with van der Waals surface area (Å²) in [5.41, 5.74) is -0.0906. The Bertz CT molecular complexity index is 1130. The zero-order chi connectivity index (χ0) is 23.3. The van der Waals surface area contributed by atoms with Crippen molar-refractivity contribution in [2.75, 3.05) is 54.7 Å². The molecule has 11 heteroatoms. The second-order valence-corrected chi connectivity index (χ2v) is 9.81. The number of sulfonamides is 1. The van der Waals surface area contributed by atoms with Crippen LogP contribution < -0.4 is 25.6 Å². The van der Waals surface area contributed by atoms with Gasteiger partial charge in [-0.15, -0.1) is 0 Å². The third kappa shape index (κ3) is 5.92. The largest absolute Gasteiger partial charge is 0.494 e. The van der Waals surface area contributed by atoms with E-state index in [0.717, 1.165) is 43.7 Å². The maximum Gasteiger partial charge on any atom is 0.332 e. The van der Waals surface area contributed by atoms with Gasteiger partial charge in [0.25, 0.3) is 5.56 Å². The summed E-state index contributed by atoms with van der Waals surface area (Å²) in [4.78, 5) is 28.5. The van der Waals surface area contributed by atoms with Gasteiger partial charge in [-0.25, -0.2) is 13.2 Å². The minimum Gasteiger partial charge on any atom is -0.494 e. The molecule has 3 rings (SSSR count). The summed E-state index contributed by atoms with van der Waals surface area (Å²) in [6.07, 6.45) is 0.856. The number of ether oxygens (including phenoxy) is 1. The summed E-state index contributed by atoms with van der Waals surface area (Å²) >= 11 is 0. The first-order valence-corrected chi connectivity index (χ1v) is 12.3. The third-order valence-corrected chi connectivity index (χ3v) is 6.90. The second-order valence-electron chi connectivity index (χ2n) is 7.80. The van der Waals surface area contributed by atoms with Crippen LogP contribution in [0.25, 0.3) is 0 Å². The van der Waals surface area contributed by atoms with Crippen LogP contribution in [0.3, 0.4) is 0 Å². The Kier molecular flexibility index (Phi) is 7.62. The molecule has 2 aromatic rings. The van der Waals surface area contributed by atoms with E-state index >= 15 is 0 Å². The van der Waals surface area contributed by atoms with Gasteiger partial charge in [0, 0.05) is 58.6 Å². The van der Waals surface area contributed by atoms with E-state index in [9.17, 15) is 18.0 Å². The number of nitrogens with zero attached hydrogens (tertiary/aromatic N) is 4. The molecule has 1 N–H and O–H groups in total. The molecule has 10 nitrogen and oxygen atoms in total. The molecule has 0 spiro atoms. The first kappa shape index (κ1) is 23.9. The minimum absolute atomic E-state index is 0.0292. The molecule has 1 aliphatic rings. The fourth-order valence-corrected chi connectivity index (χ4v) is 4.21. The topological polar surface area (TPSA) is 106 Å². The van der Waals surface area contributed by atoms with Crippen molar-refractivity contribution < 1.29 is 13.2 Å². The Labute approximate surface area is 188 Å². The van der Waals surface area contributed by atoms with Crippen molar-refractivity contribution in [3.63, 3.8) is 0 Å². The van der Waals surface area contributed by atoms with Crippen molar-refractivity contribution in [3.05, 3.63) is 51.2 Å². The fourth-order valence-electron chi connectivity index (χ4n) is 3.57. The molecule has 0 radical (unpaired) electrons. The average molecular weight is 466 g/mol. The van der Waals surface area contributed by atoms with Crippen LogP contribution in [0.2, 0.25) is 0 Å². The average Bonchev–Trinajstić information content (AvgIpc) is 2.79. The smallest absolute Gasteiger partial charge is 0.332 e. The van der Waals surface area contributed by atoms with Gasteiger partial charge >= 0.3 is 5.69 Å². The normalized spacial score (nSPS) is 15.0. The van der Waals surface area contributed by atoms with Crippen LogP contribution in [0.15, 0.2) is 39.9 Å². The Morgan fingerprint density at radius 2 is 1.66 bits per heavy atom. The Hall–Kier alpha value is -2.79. The predicted octanol–water partition coefficient (Wildman–Crippen LogP) is 0.437. The van der Waals surface area contributed by atoms with Crippen LogP contribution in [-0.4, -0.2) is 67.5 Å². The van der Waals surface area contributed by atoms with Gasteiger partial charge in [0.2, 0.25) is 10.0 Å². The fraction of sp³-hybridized carbons (Fsp3) is 0.524. The van der Waals surface area contributed by atoms with Gasteiger partial charge < -0.3 is 9.64 Å². The highest BCUT2D eigenvalue weighted by atomic mass is 32.2. The van der Waals surface area contributed by atoms with Crippen molar-refractivity contribution in [2.45, 2.75) is 13.3 Å². The van der Waals surface area contributed by atoms with Crippen LogP contribution >= 0.6 is 0 Å². The van der Waals surface area contributed by atoms with Crippen LogP contribution in [0.4, 0.5) is 11.5 Å². The summed E-state index contributed by atoms with van der Waals surface area (Å²) in [6.45, 7) is 6.21. The zero-order valence-electron chi connectivity index (χ0n) is 18.8. The van der Waals surface area contributed by atoms with Gasteiger partial charge in [-0.1, -0.05) is 0 Å². The highest BCUT2D eigenvalue weighted by Crippen LogP contribution is 2.17. The van der Waals surface area contributed by atoms with Gasteiger partial charge in [-0.3, -0.25) is 23.6 Å². The number of benzene rings is 1. The summed E-state index contributed by atoms with van der Waals surface area (Å²) in [6, 6.07) is 8.39. The molecule has 1 aromatic carbocycles. The monoisotopic (exact) mass is 465 g/mol. The predicted molar refractivity (Wildman–Crippen MR) is 125 cm³/mol. The molecule has 0 saturated carbocycles. The molecular formula is C21H31N5O5S. The Balaban J connectivity index is 1.42. The van der Waals surface area contributed by atoms with Gasteiger partial charge in [0.1, 0.15) is 11.6 Å². The number of hydrogen-bond donors (Lipinski definition) is 1. The van der Waals surface area contributed by atoms with E-state index < -0.39 is 10.0 Å². The molecular weight excluding hydrogens is 434 g/mol. The van der Waals surface area contributed by atoms with Gasteiger partial charge in [0.15, 0.2) is 0 Å². The van der Waals surface area contributed by atoms with Crippen molar-refractivity contribution in [3.8, 4) is 5.75 Å². The Morgan fingerprint density at radius 3 is 2.28 bits per heavy atom. The lowest BCUT2D eigenvalue weighted by atomic mass is 10.3.